The number of hydrogen-bond acceptors (Lipinski definition) is 6. The van der Waals surface area contributed by atoms with E-state index in [9.17, 15) is 9.59 Å². The Kier molecular flexibility index (Phi) is 8.77. The lowest BCUT2D eigenvalue weighted by atomic mass is 9.98. The predicted octanol–water partition coefficient (Wildman–Crippen LogP) is 5.47. The van der Waals surface area contributed by atoms with Crippen molar-refractivity contribution in [2.24, 2.45) is 5.92 Å². The maximum Gasteiger partial charge on any atom is 0.310 e. The maximum atomic E-state index is 13.2. The molecule has 0 N–H and O–H groups in total. The Bertz CT molecular complexity index is 1210. The number of rotatable bonds is 9. The molecule has 2 aromatic carbocycles. The van der Waals surface area contributed by atoms with Crippen molar-refractivity contribution in [3.05, 3.63) is 88.6 Å². The van der Waals surface area contributed by atoms with Gasteiger partial charge in [-0.2, -0.15) is 0 Å². The summed E-state index contributed by atoms with van der Waals surface area (Å²) in [5.74, 6) is -0.238. The second kappa shape index (κ2) is 12.2. The average Bonchev–Trinajstić information content (AvgIpc) is 3.38. The van der Waals surface area contributed by atoms with Crippen LogP contribution in [0.1, 0.15) is 71.4 Å². The second-order valence-electron chi connectivity index (χ2n) is 9.89. The highest BCUT2D eigenvalue weighted by Gasteiger charge is 2.31. The Morgan fingerprint density at radius 1 is 1.16 bits per heavy atom. The lowest BCUT2D eigenvalue weighted by molar-refractivity contribution is -0.149. The fourth-order valence-corrected chi connectivity index (χ4v) is 4.95. The van der Waals surface area contributed by atoms with Crippen molar-refractivity contribution in [2.75, 3.05) is 19.7 Å². The standard InChI is InChI=1S/C30H37N3O4/c1-5-36-30(35)26-12-9-15-32(18-26)29(34)27-20-37-28(31-27)19-33(23(4)24-10-7-6-8-11-24)17-25-14-13-21(2)16-22(25)3/h6-8,10-11,13-14,16,20,23,26H,5,9,12,15,17-19H2,1-4H3/t23-,26+/m1/s1. The minimum absolute atomic E-state index is 0.111. The highest BCUT2D eigenvalue weighted by Crippen LogP contribution is 2.26. The van der Waals surface area contributed by atoms with Gasteiger partial charge >= 0.3 is 5.97 Å². The summed E-state index contributed by atoms with van der Waals surface area (Å²) >= 11 is 0. The summed E-state index contributed by atoms with van der Waals surface area (Å²) in [5, 5.41) is 0. The molecule has 1 aliphatic heterocycles. The van der Waals surface area contributed by atoms with Crippen LogP contribution in [0.15, 0.2) is 59.2 Å². The number of piperidine rings is 1. The average molecular weight is 504 g/mol. The van der Waals surface area contributed by atoms with Crippen molar-refractivity contribution < 1.29 is 18.7 Å². The largest absolute Gasteiger partial charge is 0.466 e. The molecule has 1 aromatic heterocycles. The molecule has 1 saturated heterocycles. The first-order chi connectivity index (χ1) is 17.9. The molecule has 1 amide bonds. The zero-order chi connectivity index (χ0) is 26.4. The number of carbonyl (C=O) groups is 2. The van der Waals surface area contributed by atoms with Crippen LogP contribution in [0.2, 0.25) is 0 Å². The number of ether oxygens (including phenoxy) is 1. The number of nitrogens with zero attached hydrogens (tertiary/aromatic N) is 3. The molecule has 0 bridgehead atoms. The molecule has 7 heteroatoms. The summed E-state index contributed by atoms with van der Waals surface area (Å²) < 4.78 is 11.0. The highest BCUT2D eigenvalue weighted by atomic mass is 16.5. The zero-order valence-corrected chi connectivity index (χ0v) is 22.3. The van der Waals surface area contributed by atoms with Crippen molar-refractivity contribution >= 4 is 11.9 Å². The fourth-order valence-electron chi connectivity index (χ4n) is 4.95. The Morgan fingerprint density at radius 3 is 2.68 bits per heavy atom. The second-order valence-corrected chi connectivity index (χ2v) is 9.89. The molecule has 7 nitrogen and oxygen atoms in total. The Balaban J connectivity index is 1.50. The van der Waals surface area contributed by atoms with Gasteiger partial charge in [0, 0.05) is 25.7 Å². The number of aromatic nitrogens is 1. The first-order valence-corrected chi connectivity index (χ1v) is 13.1. The molecule has 2 heterocycles. The first kappa shape index (κ1) is 26.6. The molecule has 196 valence electrons. The summed E-state index contributed by atoms with van der Waals surface area (Å²) in [6, 6.07) is 17.0. The van der Waals surface area contributed by atoms with E-state index in [1.54, 1.807) is 11.8 Å². The van der Waals surface area contributed by atoms with E-state index in [1.807, 2.05) is 18.2 Å². The van der Waals surface area contributed by atoms with Crippen LogP contribution in [0.4, 0.5) is 0 Å². The lowest BCUT2D eigenvalue weighted by Gasteiger charge is -2.31. The van der Waals surface area contributed by atoms with E-state index in [1.165, 1.54) is 28.5 Å². The van der Waals surface area contributed by atoms with Gasteiger partial charge in [0.2, 0.25) is 5.89 Å². The molecule has 0 unspecified atom stereocenters. The smallest absolute Gasteiger partial charge is 0.310 e. The van der Waals surface area contributed by atoms with E-state index < -0.39 is 0 Å². The lowest BCUT2D eigenvalue weighted by Crippen LogP contribution is -2.43. The number of amides is 1. The number of esters is 1. The van der Waals surface area contributed by atoms with Gasteiger partial charge in [-0.3, -0.25) is 14.5 Å². The van der Waals surface area contributed by atoms with Crippen LogP contribution in [0.3, 0.4) is 0 Å². The fraction of sp³-hybridized carbons (Fsp3) is 0.433. The van der Waals surface area contributed by atoms with Crippen LogP contribution < -0.4 is 0 Å². The minimum atomic E-state index is -0.288. The molecule has 0 radical (unpaired) electrons. The van der Waals surface area contributed by atoms with Gasteiger partial charge in [-0.1, -0.05) is 54.1 Å². The topological polar surface area (TPSA) is 75.9 Å². The van der Waals surface area contributed by atoms with E-state index >= 15 is 0 Å². The molecule has 1 aliphatic rings. The van der Waals surface area contributed by atoms with Crippen LogP contribution in [-0.4, -0.2) is 46.4 Å². The van der Waals surface area contributed by atoms with Gasteiger partial charge in [0.1, 0.15) is 6.26 Å². The molecular formula is C30H37N3O4. The van der Waals surface area contributed by atoms with E-state index in [0.717, 1.165) is 19.4 Å². The Morgan fingerprint density at radius 2 is 1.95 bits per heavy atom. The number of likely N-dealkylation sites (tertiary alicyclic amines) is 1. The molecule has 0 aliphatic carbocycles. The van der Waals surface area contributed by atoms with Gasteiger partial charge in [-0.15, -0.1) is 0 Å². The van der Waals surface area contributed by atoms with Crippen LogP contribution in [0.5, 0.6) is 0 Å². The van der Waals surface area contributed by atoms with Crippen molar-refractivity contribution in [3.8, 4) is 0 Å². The highest BCUT2D eigenvalue weighted by molar-refractivity contribution is 5.92. The van der Waals surface area contributed by atoms with E-state index in [4.69, 9.17) is 9.15 Å². The zero-order valence-electron chi connectivity index (χ0n) is 22.3. The summed E-state index contributed by atoms with van der Waals surface area (Å²) in [6.07, 6.45) is 2.93. The van der Waals surface area contributed by atoms with Crippen molar-refractivity contribution in [1.82, 2.24) is 14.8 Å². The predicted molar refractivity (Wildman–Crippen MR) is 142 cm³/mol. The van der Waals surface area contributed by atoms with Gasteiger partial charge in [-0.05, 0) is 57.2 Å². The summed E-state index contributed by atoms with van der Waals surface area (Å²) in [4.78, 5) is 34.0. The first-order valence-electron chi connectivity index (χ1n) is 13.1. The number of benzene rings is 2. The van der Waals surface area contributed by atoms with E-state index in [0.29, 0.717) is 32.1 Å². The molecule has 2 atom stereocenters. The number of hydrogen-bond donors (Lipinski definition) is 0. The van der Waals surface area contributed by atoms with Crippen LogP contribution in [-0.2, 0) is 22.6 Å². The third kappa shape index (κ3) is 6.66. The van der Waals surface area contributed by atoms with Gasteiger partial charge in [0.15, 0.2) is 5.69 Å². The molecule has 37 heavy (non-hydrogen) atoms. The van der Waals surface area contributed by atoms with E-state index in [-0.39, 0.29) is 29.5 Å². The third-order valence-electron chi connectivity index (χ3n) is 7.14. The minimum Gasteiger partial charge on any atom is -0.466 e. The summed E-state index contributed by atoms with van der Waals surface area (Å²) in [7, 11) is 0. The van der Waals surface area contributed by atoms with Gasteiger partial charge in [0.25, 0.3) is 5.91 Å². The molecule has 0 saturated carbocycles. The third-order valence-corrected chi connectivity index (χ3v) is 7.14. The van der Waals surface area contributed by atoms with Gasteiger partial charge < -0.3 is 14.1 Å². The quantitative estimate of drug-likeness (QED) is 0.361. The van der Waals surface area contributed by atoms with Gasteiger partial charge in [-0.25, -0.2) is 4.98 Å². The molecule has 1 fully saturated rings. The molecular weight excluding hydrogens is 466 g/mol. The molecule has 4 rings (SSSR count). The monoisotopic (exact) mass is 503 g/mol. The number of oxazole rings is 1. The Hall–Kier alpha value is -3.45. The maximum absolute atomic E-state index is 13.2. The van der Waals surface area contributed by atoms with Crippen LogP contribution >= 0.6 is 0 Å². The van der Waals surface area contributed by atoms with Crippen LogP contribution in [0, 0.1) is 19.8 Å². The normalized spacial score (nSPS) is 16.6. The van der Waals surface area contributed by atoms with Crippen LogP contribution in [0.25, 0.3) is 0 Å². The molecule has 0 spiro atoms. The molecule has 3 aromatic rings. The number of carbonyl (C=O) groups excluding carboxylic acids is 2. The number of aryl methyl sites for hydroxylation is 2. The Labute approximate surface area is 219 Å². The van der Waals surface area contributed by atoms with Crippen molar-refractivity contribution in [3.63, 3.8) is 0 Å². The summed E-state index contributed by atoms with van der Waals surface area (Å²) in [5.41, 5.74) is 5.21. The van der Waals surface area contributed by atoms with E-state index in [2.05, 4.69) is 61.0 Å². The van der Waals surface area contributed by atoms with Gasteiger partial charge in [0.05, 0.1) is 19.1 Å². The summed E-state index contributed by atoms with van der Waals surface area (Å²) in [6.45, 7) is 10.7. The van der Waals surface area contributed by atoms with Crippen molar-refractivity contribution in [1.29, 1.82) is 0 Å². The SMILES string of the molecule is CCOC(=O)[C@H]1CCCN(C(=O)c2coc(CN(Cc3ccc(C)cc3C)[C@H](C)c3ccccc3)n2)C1. The van der Waals surface area contributed by atoms with Crippen molar-refractivity contribution in [2.45, 2.75) is 59.7 Å².